The lowest BCUT2D eigenvalue weighted by Crippen LogP contribution is -1.82. The minimum Gasteiger partial charge on any atom is -0.192 e. The number of fused-ring (bicyclic) bond motifs is 2. The van der Waals surface area contributed by atoms with E-state index in [1.165, 1.54) is 0 Å². The third-order valence-electron chi connectivity index (χ3n) is 2.78. The maximum Gasteiger partial charge on any atom is 0.0992 e. The van der Waals surface area contributed by atoms with E-state index in [2.05, 4.69) is 18.2 Å². The summed E-state index contributed by atoms with van der Waals surface area (Å²) in [5.74, 6) is 0. The van der Waals surface area contributed by atoms with Gasteiger partial charge < -0.3 is 0 Å². The lowest BCUT2D eigenvalue weighted by Gasteiger charge is -2.06. The molecular weight excluding hydrogens is 262 g/mol. The second kappa shape index (κ2) is 4.53. The van der Waals surface area contributed by atoms with E-state index in [1.807, 2.05) is 36.4 Å². The van der Waals surface area contributed by atoms with Gasteiger partial charge in [0.1, 0.15) is 0 Å². The highest BCUT2D eigenvalue weighted by Gasteiger charge is 2.11. The molecule has 2 aromatic rings. The Balaban J connectivity index is 2.15. The molecule has 0 radical (unpaired) electrons. The summed E-state index contributed by atoms with van der Waals surface area (Å²) in [7, 11) is 0. The molecule has 0 spiro atoms. The van der Waals surface area contributed by atoms with E-state index in [0.29, 0.717) is 5.56 Å². The molecule has 1 aliphatic heterocycles. The molecule has 1 aliphatic rings. The monoisotopic (exact) mass is 269 g/mol. The molecule has 0 aliphatic carbocycles. The van der Waals surface area contributed by atoms with Gasteiger partial charge in [0.05, 0.1) is 11.6 Å². The highest BCUT2D eigenvalue weighted by molar-refractivity contribution is 7.99. The van der Waals surface area contributed by atoms with Gasteiger partial charge in [-0.3, -0.25) is 0 Å². The molecular formula is C15H8ClNS. The van der Waals surface area contributed by atoms with E-state index < -0.39 is 0 Å². The van der Waals surface area contributed by atoms with Crippen LogP contribution in [0.2, 0.25) is 5.02 Å². The smallest absolute Gasteiger partial charge is 0.0992 e. The zero-order chi connectivity index (χ0) is 12.5. The van der Waals surface area contributed by atoms with Crippen molar-refractivity contribution in [1.29, 1.82) is 5.26 Å². The molecule has 1 heterocycles. The Labute approximate surface area is 115 Å². The Morgan fingerprint density at radius 1 is 0.944 bits per heavy atom. The van der Waals surface area contributed by atoms with E-state index in [0.717, 1.165) is 25.9 Å². The maximum atomic E-state index is 8.95. The minimum atomic E-state index is 0.687. The van der Waals surface area contributed by atoms with Gasteiger partial charge >= 0.3 is 0 Å². The number of nitriles is 1. The fourth-order valence-electron chi connectivity index (χ4n) is 1.87. The lowest BCUT2D eigenvalue weighted by atomic mass is 10.1. The van der Waals surface area contributed by atoms with Gasteiger partial charge in [0.2, 0.25) is 0 Å². The van der Waals surface area contributed by atoms with Gasteiger partial charge in [-0.2, -0.15) is 5.26 Å². The Bertz CT molecular complexity index is 698. The Hall–Kier alpha value is -1.69. The molecule has 0 unspecified atom stereocenters. The molecule has 3 rings (SSSR count). The molecule has 3 heteroatoms. The van der Waals surface area contributed by atoms with Crippen LogP contribution in [0.15, 0.2) is 46.2 Å². The molecule has 0 fully saturated rings. The molecule has 86 valence electrons. The minimum absolute atomic E-state index is 0.687. The fraction of sp³-hybridized carbons (Fsp3) is 0. The largest absolute Gasteiger partial charge is 0.192 e. The summed E-state index contributed by atoms with van der Waals surface area (Å²) in [6, 6.07) is 13.8. The van der Waals surface area contributed by atoms with Crippen LogP contribution in [-0.4, -0.2) is 0 Å². The molecule has 0 amide bonds. The Morgan fingerprint density at radius 2 is 1.78 bits per heavy atom. The van der Waals surface area contributed by atoms with E-state index in [1.54, 1.807) is 11.8 Å². The molecule has 18 heavy (non-hydrogen) atoms. The number of halogens is 1. The highest BCUT2D eigenvalue weighted by atomic mass is 35.5. The third-order valence-corrected chi connectivity index (χ3v) is 4.18. The summed E-state index contributed by atoms with van der Waals surface area (Å²) in [6.07, 6.45) is 4.12. The van der Waals surface area contributed by atoms with E-state index in [4.69, 9.17) is 16.9 Å². The van der Waals surface area contributed by atoms with Crippen LogP contribution in [0.3, 0.4) is 0 Å². The molecule has 0 saturated heterocycles. The zero-order valence-electron chi connectivity index (χ0n) is 9.35. The van der Waals surface area contributed by atoms with Gasteiger partial charge in [-0.05, 0) is 41.5 Å². The molecule has 0 atom stereocenters. The first-order valence-corrected chi connectivity index (χ1v) is 6.65. The summed E-state index contributed by atoms with van der Waals surface area (Å²) < 4.78 is 0. The topological polar surface area (TPSA) is 23.8 Å². The van der Waals surface area contributed by atoms with Crippen LogP contribution in [0.25, 0.3) is 12.2 Å². The highest BCUT2D eigenvalue weighted by Crippen LogP contribution is 2.38. The van der Waals surface area contributed by atoms with Gasteiger partial charge in [0, 0.05) is 14.8 Å². The Morgan fingerprint density at radius 3 is 2.61 bits per heavy atom. The lowest BCUT2D eigenvalue weighted by molar-refractivity contribution is 1.36. The first kappa shape index (κ1) is 11.4. The molecule has 0 N–H and O–H groups in total. The molecule has 1 nitrogen and oxygen atoms in total. The van der Waals surface area contributed by atoms with Crippen molar-refractivity contribution in [3.8, 4) is 6.07 Å². The van der Waals surface area contributed by atoms with Crippen LogP contribution < -0.4 is 0 Å². The maximum absolute atomic E-state index is 8.95. The summed E-state index contributed by atoms with van der Waals surface area (Å²) in [6.45, 7) is 0. The third kappa shape index (κ3) is 2.03. The van der Waals surface area contributed by atoms with Crippen molar-refractivity contribution in [1.82, 2.24) is 0 Å². The van der Waals surface area contributed by atoms with E-state index in [-0.39, 0.29) is 0 Å². The first-order valence-electron chi connectivity index (χ1n) is 5.46. The quantitative estimate of drug-likeness (QED) is 0.583. The number of benzene rings is 2. The average molecular weight is 270 g/mol. The summed E-state index contributed by atoms with van der Waals surface area (Å²) in [5.41, 5.74) is 2.93. The van der Waals surface area contributed by atoms with Crippen LogP contribution in [-0.2, 0) is 0 Å². The van der Waals surface area contributed by atoms with Gasteiger partial charge in [0.25, 0.3) is 0 Å². The van der Waals surface area contributed by atoms with E-state index >= 15 is 0 Å². The molecule has 2 aromatic carbocycles. The number of hydrogen-bond donors (Lipinski definition) is 0. The van der Waals surface area contributed by atoms with Crippen molar-refractivity contribution in [3.05, 3.63) is 58.1 Å². The van der Waals surface area contributed by atoms with Gasteiger partial charge in [-0.25, -0.2) is 0 Å². The summed E-state index contributed by atoms with van der Waals surface area (Å²) >= 11 is 7.67. The van der Waals surface area contributed by atoms with Crippen molar-refractivity contribution in [2.24, 2.45) is 0 Å². The summed E-state index contributed by atoms with van der Waals surface area (Å²) in [5, 5.41) is 9.68. The molecule has 0 bridgehead atoms. The van der Waals surface area contributed by atoms with E-state index in [9.17, 15) is 0 Å². The fourth-order valence-corrected chi connectivity index (χ4v) is 3.11. The van der Waals surface area contributed by atoms with Crippen molar-refractivity contribution in [3.63, 3.8) is 0 Å². The normalized spacial score (nSPS) is 12.2. The van der Waals surface area contributed by atoms with Crippen LogP contribution >= 0.6 is 23.4 Å². The standard InChI is InChI=1S/C15H8ClNS/c16-13-5-6-14-12(8-13)4-3-11-2-1-10(9-17)7-15(11)18-14/h1-8H. The summed E-state index contributed by atoms with van der Waals surface area (Å²) in [4.78, 5) is 2.26. The first-order chi connectivity index (χ1) is 8.76. The van der Waals surface area contributed by atoms with Gasteiger partial charge in [-0.15, -0.1) is 0 Å². The number of hydrogen-bond acceptors (Lipinski definition) is 2. The van der Waals surface area contributed by atoms with Gasteiger partial charge in [-0.1, -0.05) is 41.6 Å². The number of rotatable bonds is 0. The van der Waals surface area contributed by atoms with Crippen LogP contribution in [0.4, 0.5) is 0 Å². The van der Waals surface area contributed by atoms with Gasteiger partial charge in [0.15, 0.2) is 0 Å². The predicted molar refractivity (Wildman–Crippen MR) is 75.7 cm³/mol. The van der Waals surface area contributed by atoms with Crippen molar-refractivity contribution < 1.29 is 0 Å². The van der Waals surface area contributed by atoms with Crippen molar-refractivity contribution >= 4 is 35.5 Å². The zero-order valence-corrected chi connectivity index (χ0v) is 10.9. The van der Waals surface area contributed by atoms with Crippen LogP contribution in [0, 0.1) is 11.3 Å². The van der Waals surface area contributed by atoms with Crippen molar-refractivity contribution in [2.45, 2.75) is 9.79 Å². The number of nitrogens with zero attached hydrogens (tertiary/aromatic N) is 1. The SMILES string of the molecule is N#Cc1ccc2c(c1)Sc1ccc(Cl)cc1C=C2. The van der Waals surface area contributed by atoms with Crippen molar-refractivity contribution in [2.75, 3.05) is 0 Å². The second-order valence-corrected chi connectivity index (χ2v) is 5.50. The molecule has 0 aromatic heterocycles. The predicted octanol–water partition coefficient (Wildman–Crippen LogP) is 4.85. The second-order valence-electron chi connectivity index (χ2n) is 3.98. The molecule has 0 saturated carbocycles. The van der Waals surface area contributed by atoms with Crippen LogP contribution in [0.1, 0.15) is 16.7 Å². The average Bonchev–Trinajstić information content (AvgIpc) is 2.56. The Kier molecular flexibility index (Phi) is 2.87. The van der Waals surface area contributed by atoms with Crippen LogP contribution in [0.5, 0.6) is 0 Å².